The van der Waals surface area contributed by atoms with E-state index in [-0.39, 0.29) is 5.97 Å². The molecule has 0 aromatic heterocycles. The van der Waals surface area contributed by atoms with E-state index in [4.69, 9.17) is 4.74 Å². The van der Waals surface area contributed by atoms with Gasteiger partial charge in [-0.3, -0.25) is 4.79 Å². The number of hydrogen-bond donors (Lipinski definition) is 1. The first-order valence-electron chi connectivity index (χ1n) is 9.02. The second-order valence-electron chi connectivity index (χ2n) is 6.00. The predicted molar refractivity (Wildman–Crippen MR) is 91.0 cm³/mol. The van der Waals surface area contributed by atoms with E-state index in [9.17, 15) is 9.59 Å². The Labute approximate surface area is 136 Å². The summed E-state index contributed by atoms with van der Waals surface area (Å²) < 4.78 is 5.09. The summed E-state index contributed by atoms with van der Waals surface area (Å²) in [6.45, 7) is 6.00. The minimum absolute atomic E-state index is 0.0912. The second-order valence-corrected chi connectivity index (χ2v) is 6.00. The fourth-order valence-electron chi connectivity index (χ4n) is 2.23. The third kappa shape index (κ3) is 17.2. The van der Waals surface area contributed by atoms with Crippen molar-refractivity contribution in [2.45, 2.75) is 84.5 Å². The average Bonchev–Trinajstić information content (AvgIpc) is 2.48. The smallest absolute Gasteiger partial charge is 0.307 e. The Morgan fingerprint density at radius 3 is 2.09 bits per heavy atom. The molecule has 0 radical (unpaired) electrons. The molecule has 130 valence electrons. The number of hydrogen-bond acceptors (Lipinski definition) is 4. The van der Waals surface area contributed by atoms with Crippen LogP contribution in [0.2, 0.25) is 0 Å². The molecule has 4 heteroatoms. The first-order valence-corrected chi connectivity index (χ1v) is 9.02. The van der Waals surface area contributed by atoms with Crippen molar-refractivity contribution in [1.29, 1.82) is 0 Å². The number of carbonyl (C=O) groups is 2. The molecule has 0 saturated carbocycles. The molecular formula is C18H35NO3. The second kappa shape index (κ2) is 16.5. The Morgan fingerprint density at radius 2 is 1.45 bits per heavy atom. The number of ketones is 1. The molecule has 0 aromatic carbocycles. The molecule has 0 aromatic rings. The first kappa shape index (κ1) is 21.1. The van der Waals surface area contributed by atoms with E-state index in [0.717, 1.165) is 38.8 Å². The van der Waals surface area contributed by atoms with Gasteiger partial charge in [0.2, 0.25) is 0 Å². The number of rotatable bonds is 16. The highest BCUT2D eigenvalue weighted by Gasteiger charge is 2.01. The molecule has 0 aliphatic carbocycles. The number of unbranched alkanes of at least 4 members (excludes halogenated alkanes) is 7. The maximum Gasteiger partial charge on any atom is 0.307 e. The molecule has 1 N–H and O–H groups in total. The summed E-state index contributed by atoms with van der Waals surface area (Å²) in [6, 6.07) is 0. The van der Waals surface area contributed by atoms with Gasteiger partial charge < -0.3 is 14.8 Å². The van der Waals surface area contributed by atoms with Crippen LogP contribution in [0.25, 0.3) is 0 Å². The summed E-state index contributed by atoms with van der Waals surface area (Å²) in [4.78, 5) is 22.1. The lowest BCUT2D eigenvalue weighted by Gasteiger charge is -2.06. The first-order chi connectivity index (χ1) is 10.7. The summed E-state index contributed by atoms with van der Waals surface area (Å²) in [5, 5.41) is 3.29. The zero-order valence-corrected chi connectivity index (χ0v) is 14.6. The summed E-state index contributed by atoms with van der Waals surface area (Å²) in [6.07, 6.45) is 11.6. The highest BCUT2D eigenvalue weighted by atomic mass is 16.5. The van der Waals surface area contributed by atoms with Crippen LogP contribution >= 0.6 is 0 Å². The van der Waals surface area contributed by atoms with Crippen LogP contribution in [0.3, 0.4) is 0 Å². The minimum atomic E-state index is -0.0912. The summed E-state index contributed by atoms with van der Waals surface area (Å²) in [5.41, 5.74) is 0. The molecule has 0 unspecified atom stereocenters. The van der Waals surface area contributed by atoms with Crippen LogP contribution in [-0.4, -0.2) is 31.4 Å². The van der Waals surface area contributed by atoms with Gasteiger partial charge in [-0.2, -0.15) is 0 Å². The van der Waals surface area contributed by atoms with Crippen LogP contribution in [0.4, 0.5) is 0 Å². The third-order valence-electron chi connectivity index (χ3n) is 3.65. The SMILES string of the molecule is CCCCOC(=O)CCNCCCCCCCCCC(C)=O. The largest absolute Gasteiger partial charge is 0.466 e. The van der Waals surface area contributed by atoms with E-state index >= 15 is 0 Å². The summed E-state index contributed by atoms with van der Waals surface area (Å²) >= 11 is 0. The molecule has 0 atom stereocenters. The molecule has 0 heterocycles. The molecular weight excluding hydrogens is 278 g/mol. The van der Waals surface area contributed by atoms with Crippen molar-refractivity contribution in [2.24, 2.45) is 0 Å². The van der Waals surface area contributed by atoms with Crippen LogP contribution in [-0.2, 0) is 14.3 Å². The Hall–Kier alpha value is -0.900. The van der Waals surface area contributed by atoms with E-state index in [2.05, 4.69) is 12.2 Å². The van der Waals surface area contributed by atoms with Crippen molar-refractivity contribution in [3.63, 3.8) is 0 Å². The fraction of sp³-hybridized carbons (Fsp3) is 0.889. The van der Waals surface area contributed by atoms with Crippen LogP contribution in [0, 0.1) is 0 Å². The van der Waals surface area contributed by atoms with Crippen LogP contribution in [0.5, 0.6) is 0 Å². The molecule has 22 heavy (non-hydrogen) atoms. The standard InChI is InChI=1S/C18H35NO3/c1-3-4-16-22-18(21)13-15-19-14-11-9-7-5-6-8-10-12-17(2)20/h19H,3-16H2,1-2H3. The van der Waals surface area contributed by atoms with E-state index in [1.807, 2.05) is 0 Å². The van der Waals surface area contributed by atoms with Crippen molar-refractivity contribution >= 4 is 11.8 Å². The molecule has 0 spiro atoms. The van der Waals surface area contributed by atoms with Crippen molar-refractivity contribution in [2.75, 3.05) is 19.7 Å². The lowest BCUT2D eigenvalue weighted by Crippen LogP contribution is -2.20. The Morgan fingerprint density at radius 1 is 0.818 bits per heavy atom. The molecule has 0 aliphatic heterocycles. The molecule has 0 fully saturated rings. The molecule has 0 saturated heterocycles. The zero-order chi connectivity index (χ0) is 16.5. The fourth-order valence-corrected chi connectivity index (χ4v) is 2.23. The molecule has 0 amide bonds. The summed E-state index contributed by atoms with van der Waals surface area (Å²) in [7, 11) is 0. The molecule has 4 nitrogen and oxygen atoms in total. The maximum absolute atomic E-state index is 11.3. The van der Waals surface area contributed by atoms with Crippen LogP contribution < -0.4 is 5.32 Å². The van der Waals surface area contributed by atoms with E-state index in [1.165, 1.54) is 38.5 Å². The number of ether oxygens (including phenoxy) is 1. The Kier molecular flexibility index (Phi) is 15.8. The highest BCUT2D eigenvalue weighted by molar-refractivity contribution is 5.75. The Balaban J connectivity index is 3.11. The van der Waals surface area contributed by atoms with Gasteiger partial charge in [0, 0.05) is 13.0 Å². The zero-order valence-electron chi connectivity index (χ0n) is 14.6. The van der Waals surface area contributed by atoms with Crippen molar-refractivity contribution in [3.05, 3.63) is 0 Å². The monoisotopic (exact) mass is 313 g/mol. The number of nitrogens with one attached hydrogen (secondary N) is 1. The van der Waals surface area contributed by atoms with E-state index < -0.39 is 0 Å². The van der Waals surface area contributed by atoms with E-state index in [1.54, 1.807) is 6.92 Å². The number of esters is 1. The van der Waals surface area contributed by atoms with Gasteiger partial charge in [-0.1, -0.05) is 45.4 Å². The van der Waals surface area contributed by atoms with Crippen molar-refractivity contribution in [3.8, 4) is 0 Å². The topological polar surface area (TPSA) is 55.4 Å². The minimum Gasteiger partial charge on any atom is -0.466 e. The van der Waals surface area contributed by atoms with Gasteiger partial charge in [0.25, 0.3) is 0 Å². The van der Waals surface area contributed by atoms with Gasteiger partial charge >= 0.3 is 5.97 Å². The molecule has 0 rings (SSSR count). The van der Waals surface area contributed by atoms with E-state index in [0.29, 0.717) is 18.8 Å². The molecule has 0 bridgehead atoms. The van der Waals surface area contributed by atoms with Gasteiger partial charge in [-0.05, 0) is 32.7 Å². The number of carbonyl (C=O) groups excluding carboxylic acids is 2. The van der Waals surface area contributed by atoms with Crippen molar-refractivity contribution in [1.82, 2.24) is 5.32 Å². The van der Waals surface area contributed by atoms with Gasteiger partial charge in [0.15, 0.2) is 0 Å². The molecule has 0 aliphatic rings. The predicted octanol–water partition coefficient (Wildman–Crippen LogP) is 4.02. The lowest BCUT2D eigenvalue weighted by molar-refractivity contribution is -0.143. The van der Waals surface area contributed by atoms with Gasteiger partial charge in [0.1, 0.15) is 5.78 Å². The van der Waals surface area contributed by atoms with Crippen molar-refractivity contribution < 1.29 is 14.3 Å². The maximum atomic E-state index is 11.3. The third-order valence-corrected chi connectivity index (χ3v) is 3.65. The van der Waals surface area contributed by atoms with Gasteiger partial charge in [0.05, 0.1) is 13.0 Å². The van der Waals surface area contributed by atoms with Gasteiger partial charge in [-0.15, -0.1) is 0 Å². The normalized spacial score (nSPS) is 10.6. The Bertz CT molecular complexity index is 280. The summed E-state index contributed by atoms with van der Waals surface area (Å²) in [5.74, 6) is 0.215. The van der Waals surface area contributed by atoms with Crippen LogP contribution in [0.1, 0.15) is 84.5 Å². The van der Waals surface area contributed by atoms with Crippen LogP contribution in [0.15, 0.2) is 0 Å². The lowest BCUT2D eigenvalue weighted by atomic mass is 10.1. The van der Waals surface area contributed by atoms with Gasteiger partial charge in [-0.25, -0.2) is 0 Å². The average molecular weight is 313 g/mol. The number of Topliss-reactive ketones (excluding diaryl/α,β-unsaturated/α-hetero) is 1. The quantitative estimate of drug-likeness (QED) is 0.345. The highest BCUT2D eigenvalue weighted by Crippen LogP contribution is 2.08.